The van der Waals surface area contributed by atoms with E-state index >= 15 is 0 Å². The lowest BCUT2D eigenvalue weighted by atomic mass is 10.1. The van der Waals surface area contributed by atoms with Crippen molar-refractivity contribution in [1.82, 2.24) is 4.57 Å². The fraction of sp³-hybridized carbons (Fsp3) is 0.259. The molecule has 0 radical (unpaired) electrons. The van der Waals surface area contributed by atoms with Gasteiger partial charge in [0.1, 0.15) is 13.2 Å². The van der Waals surface area contributed by atoms with Gasteiger partial charge in [0.15, 0.2) is 0 Å². The molecule has 1 aliphatic heterocycles. The Kier molecular flexibility index (Phi) is 5.75. The summed E-state index contributed by atoms with van der Waals surface area (Å²) < 4.78 is 8.04. The summed E-state index contributed by atoms with van der Waals surface area (Å²) >= 11 is 0. The second-order valence-electron chi connectivity index (χ2n) is 10.0. The van der Waals surface area contributed by atoms with Crippen molar-refractivity contribution < 1.29 is 14.3 Å². The van der Waals surface area contributed by atoms with Gasteiger partial charge in [-0.25, -0.2) is 0 Å². The van der Waals surface area contributed by atoms with Gasteiger partial charge in [-0.05, 0) is 41.1 Å². The molecule has 3 aromatic carbocycles. The van der Waals surface area contributed by atoms with Crippen molar-refractivity contribution in [1.29, 1.82) is 0 Å². The molecule has 1 N–H and O–H groups in total. The van der Waals surface area contributed by atoms with Crippen LogP contribution >= 0.6 is 0 Å². The van der Waals surface area contributed by atoms with Crippen molar-refractivity contribution in [3.63, 3.8) is 0 Å². The zero-order chi connectivity index (χ0) is 23.9. The molecular formula is C27H29N3O3Si. The van der Waals surface area contributed by atoms with Gasteiger partial charge in [0.2, 0.25) is 11.8 Å². The molecule has 2 amide bonds. The van der Waals surface area contributed by atoms with Gasteiger partial charge in [0.05, 0.1) is 22.6 Å². The number of benzene rings is 3. The SMILES string of the molecule is C[Si](C)(C)CCOCn1ccc2ccc(N3C(=O)CC(=O)Nc4c3ccc3ccccc43)cc21. The van der Waals surface area contributed by atoms with Crippen LogP contribution < -0.4 is 10.2 Å². The molecule has 1 aliphatic rings. The van der Waals surface area contributed by atoms with Gasteiger partial charge in [0, 0.05) is 26.3 Å². The summed E-state index contributed by atoms with van der Waals surface area (Å²) in [4.78, 5) is 27.4. The van der Waals surface area contributed by atoms with Crippen LogP contribution in [-0.2, 0) is 21.1 Å². The Labute approximate surface area is 200 Å². The summed E-state index contributed by atoms with van der Waals surface area (Å²) in [6.07, 6.45) is 1.81. The van der Waals surface area contributed by atoms with E-state index in [-0.39, 0.29) is 18.2 Å². The van der Waals surface area contributed by atoms with Crippen LogP contribution in [0.25, 0.3) is 21.7 Å². The number of fused-ring (bicyclic) bond motifs is 4. The van der Waals surface area contributed by atoms with Gasteiger partial charge in [-0.15, -0.1) is 0 Å². The monoisotopic (exact) mass is 471 g/mol. The molecule has 0 spiro atoms. The summed E-state index contributed by atoms with van der Waals surface area (Å²) in [5, 5.41) is 5.96. The highest BCUT2D eigenvalue weighted by atomic mass is 28.3. The second kappa shape index (κ2) is 8.74. The minimum Gasteiger partial charge on any atom is -0.361 e. The topological polar surface area (TPSA) is 63.6 Å². The van der Waals surface area contributed by atoms with E-state index in [1.54, 1.807) is 4.90 Å². The summed E-state index contributed by atoms with van der Waals surface area (Å²) in [5.41, 5.74) is 3.06. The van der Waals surface area contributed by atoms with E-state index < -0.39 is 8.07 Å². The Morgan fingerprint density at radius 1 is 0.971 bits per heavy atom. The van der Waals surface area contributed by atoms with E-state index in [0.717, 1.165) is 40.0 Å². The first kappa shape index (κ1) is 22.4. The maximum absolute atomic E-state index is 13.2. The van der Waals surface area contributed by atoms with E-state index in [0.29, 0.717) is 18.1 Å². The van der Waals surface area contributed by atoms with Crippen molar-refractivity contribution >= 4 is 58.6 Å². The summed E-state index contributed by atoms with van der Waals surface area (Å²) in [5.74, 6) is -0.555. The molecule has 2 heterocycles. The highest BCUT2D eigenvalue weighted by molar-refractivity contribution is 6.76. The van der Waals surface area contributed by atoms with Gasteiger partial charge in [0.25, 0.3) is 0 Å². The van der Waals surface area contributed by atoms with Crippen molar-refractivity contribution in [3.05, 3.63) is 66.9 Å². The lowest BCUT2D eigenvalue weighted by Gasteiger charge is -2.23. The van der Waals surface area contributed by atoms with Crippen molar-refractivity contribution in [2.24, 2.45) is 0 Å². The van der Waals surface area contributed by atoms with Gasteiger partial charge in [-0.3, -0.25) is 14.5 Å². The lowest BCUT2D eigenvalue weighted by Crippen LogP contribution is -2.26. The quantitative estimate of drug-likeness (QED) is 0.209. The number of ether oxygens (including phenoxy) is 1. The van der Waals surface area contributed by atoms with Crippen LogP contribution in [-0.4, -0.2) is 31.1 Å². The Hall–Kier alpha value is -3.42. The van der Waals surface area contributed by atoms with Crippen LogP contribution in [0.3, 0.4) is 0 Å². The predicted molar refractivity (Wildman–Crippen MR) is 140 cm³/mol. The average molecular weight is 472 g/mol. The smallest absolute Gasteiger partial charge is 0.241 e. The van der Waals surface area contributed by atoms with Crippen LogP contribution in [0.15, 0.2) is 66.9 Å². The molecule has 0 aliphatic carbocycles. The minimum absolute atomic E-state index is 0.206. The molecule has 5 rings (SSSR count). The van der Waals surface area contributed by atoms with Crippen molar-refractivity contribution in [2.75, 3.05) is 16.8 Å². The third-order valence-corrected chi connectivity index (χ3v) is 7.92. The number of nitrogens with zero attached hydrogens (tertiary/aromatic N) is 2. The fourth-order valence-electron chi connectivity index (χ4n) is 4.36. The van der Waals surface area contributed by atoms with Crippen LogP contribution in [0.5, 0.6) is 0 Å². The number of anilines is 3. The zero-order valence-corrected chi connectivity index (χ0v) is 20.8. The van der Waals surface area contributed by atoms with Crippen molar-refractivity contribution in [3.8, 4) is 0 Å². The first-order chi connectivity index (χ1) is 16.3. The fourth-order valence-corrected chi connectivity index (χ4v) is 5.12. The Bertz CT molecular complexity index is 1400. The normalized spacial score (nSPS) is 14.4. The standard InChI is InChI=1S/C27H29N3O3Si/c1-34(2,3)15-14-33-18-29-13-12-20-8-10-21(16-24(20)29)30-23-11-9-19-6-4-5-7-22(19)27(23)28-25(31)17-26(30)32/h4-13,16H,14-15,17-18H2,1-3H3,(H,28,31). The zero-order valence-electron chi connectivity index (χ0n) is 19.8. The highest BCUT2D eigenvalue weighted by Gasteiger charge is 2.29. The number of hydrogen-bond acceptors (Lipinski definition) is 3. The third kappa shape index (κ3) is 4.36. The molecule has 174 valence electrons. The molecule has 0 fully saturated rings. The molecule has 0 saturated heterocycles. The van der Waals surface area contributed by atoms with Gasteiger partial charge in [-0.1, -0.05) is 56.0 Å². The van der Waals surface area contributed by atoms with E-state index in [9.17, 15) is 9.59 Å². The Morgan fingerprint density at radius 2 is 1.76 bits per heavy atom. The van der Waals surface area contributed by atoms with E-state index in [2.05, 4.69) is 35.6 Å². The summed E-state index contributed by atoms with van der Waals surface area (Å²) in [7, 11) is -1.15. The van der Waals surface area contributed by atoms with Crippen LogP contribution in [0, 0.1) is 0 Å². The van der Waals surface area contributed by atoms with Gasteiger partial charge < -0.3 is 14.6 Å². The van der Waals surface area contributed by atoms with Gasteiger partial charge in [-0.2, -0.15) is 0 Å². The molecule has 6 nitrogen and oxygen atoms in total. The molecule has 4 aromatic rings. The molecule has 0 atom stereocenters. The Balaban J connectivity index is 1.53. The van der Waals surface area contributed by atoms with Crippen molar-refractivity contribution in [2.45, 2.75) is 38.8 Å². The minimum atomic E-state index is -1.15. The summed E-state index contributed by atoms with van der Waals surface area (Å²) in [6, 6.07) is 20.9. The van der Waals surface area contributed by atoms with E-state index in [4.69, 9.17) is 4.74 Å². The number of carbonyl (C=O) groups is 2. The van der Waals surface area contributed by atoms with E-state index in [1.165, 1.54) is 0 Å². The average Bonchev–Trinajstić information content (AvgIpc) is 3.13. The molecular weight excluding hydrogens is 442 g/mol. The number of rotatable bonds is 6. The number of carbonyl (C=O) groups excluding carboxylic acids is 2. The molecule has 0 unspecified atom stereocenters. The highest BCUT2D eigenvalue weighted by Crippen LogP contribution is 2.40. The molecule has 0 bridgehead atoms. The van der Waals surface area contributed by atoms with Crippen LogP contribution in [0.2, 0.25) is 25.7 Å². The summed E-state index contributed by atoms with van der Waals surface area (Å²) in [6.45, 7) is 8.23. The van der Waals surface area contributed by atoms with E-state index in [1.807, 2.05) is 60.8 Å². The maximum atomic E-state index is 13.2. The second-order valence-corrected chi connectivity index (χ2v) is 15.6. The van der Waals surface area contributed by atoms with Gasteiger partial charge >= 0.3 is 0 Å². The van der Waals surface area contributed by atoms with Crippen LogP contribution in [0.1, 0.15) is 6.42 Å². The van der Waals surface area contributed by atoms with Crippen LogP contribution in [0.4, 0.5) is 17.1 Å². The first-order valence-electron chi connectivity index (χ1n) is 11.6. The number of nitrogens with one attached hydrogen (secondary N) is 1. The maximum Gasteiger partial charge on any atom is 0.241 e. The lowest BCUT2D eigenvalue weighted by molar-refractivity contribution is -0.124. The third-order valence-electron chi connectivity index (χ3n) is 6.22. The molecule has 1 aromatic heterocycles. The largest absolute Gasteiger partial charge is 0.361 e. The number of hydrogen-bond donors (Lipinski definition) is 1. The molecule has 0 saturated carbocycles. The molecule has 7 heteroatoms. The Morgan fingerprint density at radius 3 is 2.59 bits per heavy atom. The number of aromatic nitrogens is 1. The molecule has 34 heavy (non-hydrogen) atoms. The number of amides is 2. The predicted octanol–water partition coefficient (Wildman–Crippen LogP) is 6.11. The first-order valence-corrected chi connectivity index (χ1v) is 15.3.